The molecule has 10 nitrogen and oxygen atoms in total. The van der Waals surface area contributed by atoms with Gasteiger partial charge in [0.25, 0.3) is 11.4 Å². The lowest BCUT2D eigenvalue weighted by Crippen LogP contribution is -2.10. The number of nitro benzene ring substituents is 2. The summed E-state index contributed by atoms with van der Waals surface area (Å²) >= 11 is 18.5. The first kappa shape index (κ1) is 37.8. The predicted octanol–water partition coefficient (Wildman–Crippen LogP) is 11.7. The third-order valence-corrected chi connectivity index (χ3v) is 9.81. The van der Waals surface area contributed by atoms with Crippen molar-refractivity contribution < 1.29 is 19.3 Å². The Balaban J connectivity index is 0.000000184. The fourth-order valence-corrected chi connectivity index (χ4v) is 6.63. The van der Waals surface area contributed by atoms with Crippen LogP contribution in [0.1, 0.15) is 16.7 Å². The number of ether oxygens (including phenoxy) is 2. The molecule has 54 heavy (non-hydrogen) atoms. The molecule has 0 amide bonds. The largest absolute Gasteiger partial charge is 0.489 e. The van der Waals surface area contributed by atoms with Crippen molar-refractivity contribution in [3.63, 3.8) is 0 Å². The molecule has 0 spiro atoms. The Hall–Kier alpha value is -5.92. The second-order valence-corrected chi connectivity index (χ2v) is 13.8. The van der Waals surface area contributed by atoms with E-state index in [-0.39, 0.29) is 21.4 Å². The molecule has 14 heteroatoms. The summed E-state index contributed by atoms with van der Waals surface area (Å²) in [6, 6.07) is 42.0. The quantitative estimate of drug-likeness (QED) is 0.0772. The Morgan fingerprint density at radius 3 is 1.85 bits per heavy atom. The van der Waals surface area contributed by atoms with Crippen molar-refractivity contribution >= 4 is 79.0 Å². The molecule has 0 bridgehead atoms. The highest BCUT2D eigenvalue weighted by Gasteiger charge is 2.17. The SMILES string of the molecule is O=[N+]([O-])c1cc(-c2nc3ccc(OCc4ccccc4)cc3s2)ccc1Cl.O=[N+]([O-])c1cc(C(=S)Nc2ccc(OCc3ccccc3)cc2)ccc1Cl. The van der Waals surface area contributed by atoms with Crippen LogP contribution in [-0.2, 0) is 13.2 Å². The van der Waals surface area contributed by atoms with Crippen LogP contribution >= 0.6 is 46.8 Å². The van der Waals surface area contributed by atoms with Crippen molar-refractivity contribution in [2.45, 2.75) is 13.2 Å². The number of thiazole rings is 1. The van der Waals surface area contributed by atoms with Gasteiger partial charge in [-0.2, -0.15) is 0 Å². The summed E-state index contributed by atoms with van der Waals surface area (Å²) in [4.78, 5) is 26.0. The second-order valence-electron chi connectivity index (χ2n) is 11.5. The summed E-state index contributed by atoms with van der Waals surface area (Å²) in [7, 11) is 0. The third kappa shape index (κ3) is 9.94. The topological polar surface area (TPSA) is 130 Å². The van der Waals surface area contributed by atoms with Gasteiger partial charge in [0.1, 0.15) is 44.8 Å². The molecule has 1 N–H and O–H groups in total. The number of hydrogen-bond donors (Lipinski definition) is 1. The molecule has 0 aliphatic heterocycles. The molecule has 7 rings (SSSR count). The standard InChI is InChI=1S/C20H13ClN2O3S.C20H15ClN2O3S/c21-16-8-6-14(10-18(16)23(24)25)20-22-17-9-7-15(11-19(17)27-20)26-12-13-4-2-1-3-5-13;21-18-11-6-15(12-19(18)23(24)25)20(27)22-16-7-9-17(10-8-16)26-13-14-4-2-1-3-5-14/h1-11H,12H2;1-12H,13H2,(H,22,27). The predicted molar refractivity (Wildman–Crippen MR) is 218 cm³/mol. The van der Waals surface area contributed by atoms with Gasteiger partial charge in [-0.25, -0.2) is 4.98 Å². The second kappa shape index (κ2) is 17.7. The number of nitrogens with zero attached hydrogens (tertiary/aromatic N) is 3. The van der Waals surface area contributed by atoms with Gasteiger partial charge in [0.15, 0.2) is 0 Å². The van der Waals surface area contributed by atoms with Crippen LogP contribution < -0.4 is 14.8 Å². The summed E-state index contributed by atoms with van der Waals surface area (Å²) < 4.78 is 12.5. The van der Waals surface area contributed by atoms with Crippen LogP contribution in [0.25, 0.3) is 20.8 Å². The van der Waals surface area contributed by atoms with Crippen LogP contribution in [0.5, 0.6) is 11.5 Å². The van der Waals surface area contributed by atoms with Gasteiger partial charge in [0, 0.05) is 28.9 Å². The number of nitrogens with one attached hydrogen (secondary N) is 1. The molecule has 1 aromatic heterocycles. The Morgan fingerprint density at radius 1 is 0.685 bits per heavy atom. The third-order valence-electron chi connectivity index (χ3n) is 7.76. The van der Waals surface area contributed by atoms with Gasteiger partial charge in [-0.05, 0) is 71.8 Å². The van der Waals surface area contributed by atoms with Crippen molar-refractivity contribution in [2.75, 3.05) is 5.32 Å². The molecule has 0 aliphatic rings. The maximum Gasteiger partial charge on any atom is 0.288 e. The van der Waals surface area contributed by atoms with E-state index in [4.69, 9.17) is 44.9 Å². The minimum atomic E-state index is -0.534. The minimum Gasteiger partial charge on any atom is -0.489 e. The van der Waals surface area contributed by atoms with Crippen molar-refractivity contribution in [1.82, 2.24) is 4.98 Å². The fraction of sp³-hybridized carbons (Fsp3) is 0.0500. The Labute approximate surface area is 328 Å². The maximum atomic E-state index is 11.1. The molecule has 0 fully saturated rings. The van der Waals surface area contributed by atoms with Crippen molar-refractivity contribution in [2.24, 2.45) is 0 Å². The molecule has 0 aliphatic carbocycles. The van der Waals surface area contributed by atoms with E-state index in [9.17, 15) is 20.2 Å². The van der Waals surface area contributed by atoms with Gasteiger partial charge >= 0.3 is 0 Å². The molecule has 6 aromatic carbocycles. The van der Waals surface area contributed by atoms with Crippen LogP contribution in [0.4, 0.5) is 17.1 Å². The Morgan fingerprint density at radius 2 is 1.24 bits per heavy atom. The number of fused-ring (bicyclic) bond motifs is 1. The number of aromatic nitrogens is 1. The zero-order valence-corrected chi connectivity index (χ0v) is 31.2. The first-order valence-corrected chi connectivity index (χ1v) is 18.1. The molecular weight excluding hydrogens is 768 g/mol. The lowest BCUT2D eigenvalue weighted by Gasteiger charge is -2.10. The van der Waals surface area contributed by atoms with Crippen LogP contribution in [0.3, 0.4) is 0 Å². The Bertz CT molecular complexity index is 2430. The molecule has 0 saturated heterocycles. The fourth-order valence-electron chi connectivity index (χ4n) is 5.02. The van der Waals surface area contributed by atoms with Crippen LogP contribution in [0.15, 0.2) is 140 Å². The van der Waals surface area contributed by atoms with Gasteiger partial charge < -0.3 is 14.8 Å². The van der Waals surface area contributed by atoms with E-state index in [0.717, 1.165) is 38.5 Å². The maximum absolute atomic E-state index is 11.1. The first-order valence-electron chi connectivity index (χ1n) is 16.2. The van der Waals surface area contributed by atoms with Gasteiger partial charge in [-0.1, -0.05) is 102 Å². The van der Waals surface area contributed by atoms with E-state index >= 15 is 0 Å². The molecule has 7 aromatic rings. The lowest BCUT2D eigenvalue weighted by atomic mass is 10.2. The number of nitro groups is 2. The van der Waals surface area contributed by atoms with E-state index in [1.165, 1.54) is 35.6 Å². The molecule has 0 atom stereocenters. The summed E-state index contributed by atoms with van der Waals surface area (Å²) in [5.74, 6) is 1.49. The highest BCUT2D eigenvalue weighted by atomic mass is 35.5. The monoisotopic (exact) mass is 794 g/mol. The van der Waals surface area contributed by atoms with E-state index in [0.29, 0.717) is 34.3 Å². The minimum absolute atomic E-state index is 0.0754. The highest BCUT2D eigenvalue weighted by Crippen LogP contribution is 2.36. The van der Waals surface area contributed by atoms with E-state index in [1.54, 1.807) is 12.1 Å². The number of thiocarbonyl (C=S) groups is 1. The van der Waals surface area contributed by atoms with Gasteiger partial charge in [0.2, 0.25) is 0 Å². The number of benzene rings is 6. The molecule has 0 saturated carbocycles. The number of rotatable bonds is 11. The van der Waals surface area contributed by atoms with Crippen molar-refractivity contribution in [1.29, 1.82) is 0 Å². The molecule has 1 heterocycles. The summed E-state index contributed by atoms with van der Waals surface area (Å²) in [6.45, 7) is 0.974. The summed E-state index contributed by atoms with van der Waals surface area (Å²) in [5.41, 5.74) is 4.64. The zero-order valence-electron chi connectivity index (χ0n) is 28.1. The normalized spacial score (nSPS) is 10.6. The van der Waals surface area contributed by atoms with Gasteiger partial charge in [0.05, 0.1) is 20.1 Å². The van der Waals surface area contributed by atoms with Crippen LogP contribution in [0.2, 0.25) is 10.0 Å². The van der Waals surface area contributed by atoms with E-state index in [1.807, 2.05) is 103 Å². The molecule has 0 unspecified atom stereocenters. The van der Waals surface area contributed by atoms with E-state index < -0.39 is 9.85 Å². The lowest BCUT2D eigenvalue weighted by molar-refractivity contribution is -0.384. The van der Waals surface area contributed by atoms with Crippen LogP contribution in [-0.4, -0.2) is 19.8 Å². The van der Waals surface area contributed by atoms with Crippen molar-refractivity contribution in [3.05, 3.63) is 186 Å². The molecular formula is C40H28Cl2N4O6S2. The molecule has 0 radical (unpaired) electrons. The number of halogens is 2. The zero-order chi connectivity index (χ0) is 38.0. The number of hydrogen-bond acceptors (Lipinski definition) is 9. The van der Waals surface area contributed by atoms with E-state index in [2.05, 4.69) is 10.3 Å². The Kier molecular flexibility index (Phi) is 12.4. The summed E-state index contributed by atoms with van der Waals surface area (Å²) in [6.07, 6.45) is 0. The summed E-state index contributed by atoms with van der Waals surface area (Å²) in [5, 5.41) is 26.0. The smallest absolute Gasteiger partial charge is 0.288 e. The first-order chi connectivity index (χ1) is 26.1. The average molecular weight is 796 g/mol. The van der Waals surface area contributed by atoms with Gasteiger partial charge in [-0.3, -0.25) is 20.2 Å². The number of anilines is 1. The van der Waals surface area contributed by atoms with Gasteiger partial charge in [-0.15, -0.1) is 11.3 Å². The van der Waals surface area contributed by atoms with Crippen molar-refractivity contribution in [3.8, 4) is 22.1 Å². The average Bonchev–Trinajstić information content (AvgIpc) is 3.62. The van der Waals surface area contributed by atoms with Crippen LogP contribution in [0, 0.1) is 20.2 Å². The highest BCUT2D eigenvalue weighted by molar-refractivity contribution is 7.81. The molecule has 270 valence electrons.